The van der Waals surface area contributed by atoms with Crippen molar-refractivity contribution < 1.29 is 24.1 Å². The Hall–Kier alpha value is -2.95. The van der Waals surface area contributed by atoms with E-state index < -0.39 is 0 Å². The van der Waals surface area contributed by atoms with E-state index in [2.05, 4.69) is 0 Å². The van der Waals surface area contributed by atoms with Crippen LogP contribution in [0.25, 0.3) is 6.08 Å². The van der Waals surface area contributed by atoms with Gasteiger partial charge < -0.3 is 19.3 Å². The average Bonchev–Trinajstić information content (AvgIpc) is 2.60. The number of phenolic OH excluding ortho intramolecular Hbond substituents is 1. The quantitative estimate of drug-likeness (QED) is 0.654. The van der Waals surface area contributed by atoms with Crippen LogP contribution in [0.5, 0.6) is 23.0 Å². The summed E-state index contributed by atoms with van der Waals surface area (Å²) in [6.45, 7) is 0. The van der Waals surface area contributed by atoms with Crippen molar-refractivity contribution in [3.05, 3.63) is 53.6 Å². The first-order chi connectivity index (χ1) is 11.1. The van der Waals surface area contributed by atoms with E-state index in [1.807, 2.05) is 0 Å². The standard InChI is InChI=1S/C18H18O5/c1-21-14-7-5-13(6-8-14)15(19)9-4-12-10-16(22-2)18(20)17(11-12)23-3/h4-11,20H,1-3H3/b9-4+. The van der Waals surface area contributed by atoms with E-state index in [-0.39, 0.29) is 23.0 Å². The van der Waals surface area contributed by atoms with Crippen molar-refractivity contribution in [2.45, 2.75) is 0 Å². The predicted octanol–water partition coefficient (Wildman–Crippen LogP) is 3.31. The fourth-order valence-corrected chi connectivity index (χ4v) is 2.03. The van der Waals surface area contributed by atoms with E-state index in [1.165, 1.54) is 20.3 Å². The second kappa shape index (κ2) is 7.35. The Labute approximate surface area is 134 Å². The molecule has 0 aliphatic carbocycles. The number of methoxy groups -OCH3 is 3. The first-order valence-corrected chi connectivity index (χ1v) is 6.90. The van der Waals surface area contributed by atoms with Gasteiger partial charge in [0, 0.05) is 5.56 Å². The van der Waals surface area contributed by atoms with E-state index in [0.29, 0.717) is 16.9 Å². The predicted molar refractivity (Wildman–Crippen MR) is 87.6 cm³/mol. The van der Waals surface area contributed by atoms with Crippen LogP contribution in [0.2, 0.25) is 0 Å². The van der Waals surface area contributed by atoms with Crippen molar-refractivity contribution in [3.63, 3.8) is 0 Å². The number of carbonyl (C=O) groups is 1. The molecule has 1 N–H and O–H groups in total. The lowest BCUT2D eigenvalue weighted by molar-refractivity contribution is 0.104. The molecule has 0 saturated carbocycles. The number of rotatable bonds is 6. The van der Waals surface area contributed by atoms with Gasteiger partial charge in [0.2, 0.25) is 5.75 Å². The zero-order chi connectivity index (χ0) is 16.8. The number of ketones is 1. The monoisotopic (exact) mass is 314 g/mol. The minimum Gasteiger partial charge on any atom is -0.502 e. The topological polar surface area (TPSA) is 65.0 Å². The third-order valence-electron chi connectivity index (χ3n) is 3.30. The van der Waals surface area contributed by atoms with Crippen LogP contribution >= 0.6 is 0 Å². The second-order valence-corrected chi connectivity index (χ2v) is 4.70. The minimum atomic E-state index is -0.140. The maximum absolute atomic E-state index is 12.2. The SMILES string of the molecule is COc1ccc(C(=O)/C=C/c2cc(OC)c(O)c(OC)c2)cc1. The van der Waals surface area contributed by atoms with Crippen LogP contribution in [-0.4, -0.2) is 32.2 Å². The molecule has 2 rings (SSSR count). The van der Waals surface area contributed by atoms with Gasteiger partial charge in [-0.25, -0.2) is 0 Å². The van der Waals surface area contributed by atoms with Crippen molar-refractivity contribution in [1.29, 1.82) is 0 Å². The Kier molecular flexibility index (Phi) is 5.25. The molecule has 5 heteroatoms. The van der Waals surface area contributed by atoms with E-state index in [0.717, 1.165) is 0 Å². The summed E-state index contributed by atoms with van der Waals surface area (Å²) < 4.78 is 15.2. The van der Waals surface area contributed by atoms with E-state index >= 15 is 0 Å². The Bertz CT molecular complexity index is 692. The van der Waals surface area contributed by atoms with Gasteiger partial charge in [-0.15, -0.1) is 0 Å². The number of phenols is 1. The zero-order valence-electron chi connectivity index (χ0n) is 13.2. The molecular weight excluding hydrogens is 296 g/mol. The van der Waals surface area contributed by atoms with Crippen molar-refractivity contribution in [1.82, 2.24) is 0 Å². The molecule has 0 atom stereocenters. The van der Waals surface area contributed by atoms with Crippen molar-refractivity contribution in [2.24, 2.45) is 0 Å². The Morgan fingerprint density at radius 1 is 0.957 bits per heavy atom. The summed E-state index contributed by atoms with van der Waals surface area (Å²) in [5.74, 6) is 1.03. The van der Waals surface area contributed by atoms with Crippen LogP contribution in [-0.2, 0) is 0 Å². The third kappa shape index (κ3) is 3.83. The zero-order valence-corrected chi connectivity index (χ0v) is 13.2. The molecule has 0 unspecified atom stereocenters. The molecule has 0 amide bonds. The summed E-state index contributed by atoms with van der Waals surface area (Å²) in [6, 6.07) is 10.1. The van der Waals surface area contributed by atoms with E-state index in [9.17, 15) is 9.90 Å². The number of benzene rings is 2. The number of aromatic hydroxyl groups is 1. The average molecular weight is 314 g/mol. The van der Waals surface area contributed by atoms with Gasteiger partial charge in [-0.2, -0.15) is 0 Å². The largest absolute Gasteiger partial charge is 0.502 e. The lowest BCUT2D eigenvalue weighted by Crippen LogP contribution is -1.94. The molecular formula is C18H18O5. The van der Waals surface area contributed by atoms with Crippen molar-refractivity contribution >= 4 is 11.9 Å². The third-order valence-corrected chi connectivity index (χ3v) is 3.30. The van der Waals surface area contributed by atoms with Gasteiger partial charge in [0.1, 0.15) is 5.75 Å². The lowest BCUT2D eigenvalue weighted by Gasteiger charge is -2.09. The summed E-state index contributed by atoms with van der Waals surface area (Å²) in [5.41, 5.74) is 1.23. The van der Waals surface area contributed by atoms with Gasteiger partial charge in [0.15, 0.2) is 17.3 Å². The molecule has 0 aromatic heterocycles. The lowest BCUT2D eigenvalue weighted by atomic mass is 10.1. The summed E-state index contributed by atoms with van der Waals surface area (Å²) in [4.78, 5) is 12.2. The molecule has 0 spiro atoms. The molecule has 2 aromatic carbocycles. The number of ether oxygens (including phenoxy) is 3. The number of allylic oxidation sites excluding steroid dienone is 1. The van der Waals surface area contributed by atoms with Gasteiger partial charge in [-0.1, -0.05) is 6.08 Å². The second-order valence-electron chi connectivity index (χ2n) is 4.70. The maximum atomic E-state index is 12.2. The van der Waals surface area contributed by atoms with Crippen molar-refractivity contribution in [3.8, 4) is 23.0 Å². The van der Waals surface area contributed by atoms with Gasteiger partial charge in [0.25, 0.3) is 0 Å². The maximum Gasteiger partial charge on any atom is 0.200 e. The normalized spacial score (nSPS) is 10.6. The van der Waals surface area contributed by atoms with Crippen LogP contribution in [0, 0.1) is 0 Å². The Balaban J connectivity index is 2.23. The molecule has 0 bridgehead atoms. The van der Waals surface area contributed by atoms with Crippen LogP contribution in [0.3, 0.4) is 0 Å². The molecule has 120 valence electrons. The molecule has 5 nitrogen and oxygen atoms in total. The van der Waals surface area contributed by atoms with Gasteiger partial charge in [-0.3, -0.25) is 4.79 Å². The smallest absolute Gasteiger partial charge is 0.200 e. The number of hydrogen-bond donors (Lipinski definition) is 1. The highest BCUT2D eigenvalue weighted by molar-refractivity contribution is 6.06. The van der Waals surface area contributed by atoms with E-state index in [4.69, 9.17) is 14.2 Å². The Morgan fingerprint density at radius 2 is 1.52 bits per heavy atom. The molecule has 0 aliphatic rings. The first-order valence-electron chi connectivity index (χ1n) is 6.90. The molecule has 0 saturated heterocycles. The molecule has 0 heterocycles. The number of hydrogen-bond acceptors (Lipinski definition) is 5. The summed E-state index contributed by atoms with van der Waals surface area (Å²) in [5, 5.41) is 9.87. The highest BCUT2D eigenvalue weighted by Crippen LogP contribution is 2.37. The Morgan fingerprint density at radius 3 is 2.00 bits per heavy atom. The molecule has 0 radical (unpaired) electrons. The van der Waals surface area contributed by atoms with Gasteiger partial charge in [-0.05, 0) is 48.0 Å². The van der Waals surface area contributed by atoms with Crippen LogP contribution in [0.1, 0.15) is 15.9 Å². The fraction of sp³-hybridized carbons (Fsp3) is 0.167. The van der Waals surface area contributed by atoms with Gasteiger partial charge in [0.05, 0.1) is 21.3 Å². The fourth-order valence-electron chi connectivity index (χ4n) is 2.03. The number of carbonyl (C=O) groups excluding carboxylic acids is 1. The molecule has 23 heavy (non-hydrogen) atoms. The van der Waals surface area contributed by atoms with E-state index in [1.54, 1.807) is 49.6 Å². The molecule has 0 fully saturated rings. The van der Waals surface area contributed by atoms with Crippen LogP contribution in [0.4, 0.5) is 0 Å². The minimum absolute atomic E-state index is 0.0753. The van der Waals surface area contributed by atoms with Gasteiger partial charge >= 0.3 is 0 Å². The van der Waals surface area contributed by atoms with Crippen LogP contribution in [0.15, 0.2) is 42.5 Å². The first kappa shape index (κ1) is 16.4. The summed E-state index contributed by atoms with van der Waals surface area (Å²) in [7, 11) is 4.47. The summed E-state index contributed by atoms with van der Waals surface area (Å²) >= 11 is 0. The molecule has 2 aromatic rings. The van der Waals surface area contributed by atoms with Crippen molar-refractivity contribution in [2.75, 3.05) is 21.3 Å². The highest BCUT2D eigenvalue weighted by atomic mass is 16.5. The summed E-state index contributed by atoms with van der Waals surface area (Å²) in [6.07, 6.45) is 3.09. The highest BCUT2D eigenvalue weighted by Gasteiger charge is 2.10. The van der Waals surface area contributed by atoms with Crippen LogP contribution < -0.4 is 14.2 Å². The molecule has 0 aliphatic heterocycles.